The average Bonchev–Trinajstić information content (AvgIpc) is 2.24. The molecule has 3 N–H and O–H groups in total. The molecule has 0 unspecified atom stereocenters. The molecule has 0 aromatic heterocycles. The first-order valence-corrected chi connectivity index (χ1v) is 5.44. The molecule has 88 valence electrons. The van der Waals surface area contributed by atoms with E-state index in [0.29, 0.717) is 36.0 Å². The molecule has 1 amide bonds. The smallest absolute Gasteiger partial charge is 0.253 e. The van der Waals surface area contributed by atoms with Crippen LogP contribution in [0.2, 0.25) is 5.02 Å². The predicted molar refractivity (Wildman–Crippen MR) is 64.7 cm³/mol. The van der Waals surface area contributed by atoms with E-state index in [-0.39, 0.29) is 5.91 Å². The molecular weight excluding hydrogens is 228 g/mol. The fourth-order valence-corrected chi connectivity index (χ4v) is 1.40. The number of ether oxygens (including phenoxy) is 1. The molecule has 0 spiro atoms. The molecule has 0 saturated heterocycles. The highest BCUT2D eigenvalue weighted by Gasteiger charge is 2.08. The van der Waals surface area contributed by atoms with Crippen molar-refractivity contribution in [3.63, 3.8) is 0 Å². The standard InChI is InChI=1S/C11H15ClN2O2/c1-2-16-6-5-14-11(15)9-4-3-8(12)7-10(9)13/h3-4,7H,2,5-6,13H2,1H3,(H,14,15). The molecule has 0 heterocycles. The number of carbonyl (C=O) groups excluding carboxylic acids is 1. The highest BCUT2D eigenvalue weighted by Crippen LogP contribution is 2.17. The third kappa shape index (κ3) is 3.72. The van der Waals surface area contributed by atoms with Crippen molar-refractivity contribution in [2.75, 3.05) is 25.5 Å². The maximum atomic E-state index is 11.7. The van der Waals surface area contributed by atoms with Crippen molar-refractivity contribution in [1.29, 1.82) is 0 Å². The van der Waals surface area contributed by atoms with Gasteiger partial charge in [0.15, 0.2) is 0 Å². The quantitative estimate of drug-likeness (QED) is 0.610. The van der Waals surface area contributed by atoms with Crippen LogP contribution in [0, 0.1) is 0 Å². The van der Waals surface area contributed by atoms with Gasteiger partial charge in [-0.1, -0.05) is 11.6 Å². The number of anilines is 1. The summed E-state index contributed by atoms with van der Waals surface area (Å²) < 4.78 is 5.10. The zero-order valence-corrected chi connectivity index (χ0v) is 9.88. The van der Waals surface area contributed by atoms with Crippen LogP contribution >= 0.6 is 11.6 Å². The van der Waals surface area contributed by atoms with Gasteiger partial charge in [0.2, 0.25) is 0 Å². The Morgan fingerprint density at radius 3 is 2.94 bits per heavy atom. The molecule has 0 radical (unpaired) electrons. The van der Waals surface area contributed by atoms with Crippen molar-refractivity contribution < 1.29 is 9.53 Å². The summed E-state index contributed by atoms with van der Waals surface area (Å²) in [5, 5.41) is 3.22. The highest BCUT2D eigenvalue weighted by atomic mass is 35.5. The lowest BCUT2D eigenvalue weighted by Crippen LogP contribution is -2.27. The van der Waals surface area contributed by atoms with E-state index >= 15 is 0 Å². The molecule has 16 heavy (non-hydrogen) atoms. The maximum Gasteiger partial charge on any atom is 0.253 e. The Morgan fingerprint density at radius 2 is 2.31 bits per heavy atom. The fraction of sp³-hybridized carbons (Fsp3) is 0.364. The minimum absolute atomic E-state index is 0.214. The van der Waals surface area contributed by atoms with Gasteiger partial charge in [0.1, 0.15) is 0 Å². The second-order valence-corrected chi connectivity index (χ2v) is 3.62. The predicted octanol–water partition coefficient (Wildman–Crippen LogP) is 1.69. The molecular formula is C11H15ClN2O2. The molecule has 0 saturated carbocycles. The van der Waals surface area contributed by atoms with Crippen molar-refractivity contribution in [2.24, 2.45) is 0 Å². The van der Waals surface area contributed by atoms with Gasteiger partial charge in [-0.15, -0.1) is 0 Å². The lowest BCUT2D eigenvalue weighted by atomic mass is 10.1. The van der Waals surface area contributed by atoms with E-state index in [0.717, 1.165) is 0 Å². The van der Waals surface area contributed by atoms with Gasteiger partial charge in [0.25, 0.3) is 5.91 Å². The molecule has 5 heteroatoms. The Labute approximate surface area is 99.7 Å². The first-order valence-electron chi connectivity index (χ1n) is 5.06. The maximum absolute atomic E-state index is 11.7. The van der Waals surface area contributed by atoms with Crippen LogP contribution in [0.4, 0.5) is 5.69 Å². The normalized spacial score (nSPS) is 10.1. The molecule has 0 aliphatic rings. The topological polar surface area (TPSA) is 64.3 Å². The molecule has 0 aliphatic carbocycles. The van der Waals surface area contributed by atoms with Crippen LogP contribution in [-0.4, -0.2) is 25.7 Å². The molecule has 0 aliphatic heterocycles. The lowest BCUT2D eigenvalue weighted by Gasteiger charge is -2.07. The monoisotopic (exact) mass is 242 g/mol. The average molecular weight is 243 g/mol. The second kappa shape index (κ2) is 6.35. The van der Waals surface area contributed by atoms with Crippen LogP contribution in [0.15, 0.2) is 18.2 Å². The van der Waals surface area contributed by atoms with Crippen molar-refractivity contribution in [1.82, 2.24) is 5.32 Å². The zero-order valence-electron chi connectivity index (χ0n) is 9.13. The first kappa shape index (κ1) is 12.8. The van der Waals surface area contributed by atoms with Gasteiger partial charge in [-0.3, -0.25) is 4.79 Å². The summed E-state index contributed by atoms with van der Waals surface area (Å²) in [6.45, 7) is 3.50. The summed E-state index contributed by atoms with van der Waals surface area (Å²) in [6, 6.07) is 4.79. The van der Waals surface area contributed by atoms with Gasteiger partial charge in [-0.2, -0.15) is 0 Å². The Kier molecular flexibility index (Phi) is 5.08. The van der Waals surface area contributed by atoms with Crippen molar-refractivity contribution in [2.45, 2.75) is 6.92 Å². The third-order valence-electron chi connectivity index (χ3n) is 1.99. The largest absolute Gasteiger partial charge is 0.398 e. The number of benzene rings is 1. The Balaban J connectivity index is 2.53. The van der Waals surface area contributed by atoms with Gasteiger partial charge < -0.3 is 15.8 Å². The Bertz CT molecular complexity index is 369. The van der Waals surface area contributed by atoms with E-state index in [2.05, 4.69) is 5.32 Å². The fourth-order valence-electron chi connectivity index (χ4n) is 1.22. The van der Waals surface area contributed by atoms with E-state index in [9.17, 15) is 4.79 Å². The second-order valence-electron chi connectivity index (χ2n) is 3.18. The molecule has 1 aromatic rings. The number of hydrogen-bond donors (Lipinski definition) is 2. The van der Waals surface area contributed by atoms with Crippen molar-refractivity contribution >= 4 is 23.2 Å². The summed E-state index contributed by atoms with van der Waals surface area (Å²) in [6.07, 6.45) is 0. The lowest BCUT2D eigenvalue weighted by molar-refractivity contribution is 0.0923. The Morgan fingerprint density at radius 1 is 1.56 bits per heavy atom. The first-order chi connectivity index (χ1) is 7.65. The minimum atomic E-state index is -0.214. The number of halogens is 1. The third-order valence-corrected chi connectivity index (χ3v) is 2.23. The van der Waals surface area contributed by atoms with Gasteiger partial charge >= 0.3 is 0 Å². The summed E-state index contributed by atoms with van der Waals surface area (Å²) in [7, 11) is 0. The molecule has 1 rings (SSSR count). The number of rotatable bonds is 5. The van der Waals surface area contributed by atoms with Crippen LogP contribution in [0.3, 0.4) is 0 Å². The Hall–Kier alpha value is -1.26. The number of nitrogens with two attached hydrogens (primary N) is 1. The molecule has 1 aromatic carbocycles. The number of nitrogen functional groups attached to an aromatic ring is 1. The molecule has 0 atom stereocenters. The van der Waals surface area contributed by atoms with Crippen LogP contribution < -0.4 is 11.1 Å². The van der Waals surface area contributed by atoms with E-state index in [1.54, 1.807) is 18.2 Å². The van der Waals surface area contributed by atoms with Crippen LogP contribution in [0.5, 0.6) is 0 Å². The summed E-state index contributed by atoms with van der Waals surface area (Å²) >= 11 is 5.74. The molecule has 0 bridgehead atoms. The van der Waals surface area contributed by atoms with E-state index < -0.39 is 0 Å². The molecule has 4 nitrogen and oxygen atoms in total. The van der Waals surface area contributed by atoms with E-state index in [4.69, 9.17) is 22.1 Å². The summed E-state index contributed by atoms with van der Waals surface area (Å²) in [5.41, 5.74) is 6.48. The zero-order chi connectivity index (χ0) is 12.0. The summed E-state index contributed by atoms with van der Waals surface area (Å²) in [4.78, 5) is 11.7. The molecule has 0 fully saturated rings. The van der Waals surface area contributed by atoms with E-state index in [1.165, 1.54) is 0 Å². The van der Waals surface area contributed by atoms with Crippen LogP contribution in [-0.2, 0) is 4.74 Å². The van der Waals surface area contributed by atoms with Gasteiger partial charge in [0, 0.05) is 23.9 Å². The minimum Gasteiger partial charge on any atom is -0.398 e. The number of nitrogens with one attached hydrogen (secondary N) is 1. The summed E-state index contributed by atoms with van der Waals surface area (Å²) in [5.74, 6) is -0.214. The van der Waals surface area contributed by atoms with Crippen molar-refractivity contribution in [3.05, 3.63) is 28.8 Å². The number of amides is 1. The van der Waals surface area contributed by atoms with Crippen LogP contribution in [0.1, 0.15) is 17.3 Å². The highest BCUT2D eigenvalue weighted by molar-refractivity contribution is 6.31. The van der Waals surface area contributed by atoms with Crippen LogP contribution in [0.25, 0.3) is 0 Å². The van der Waals surface area contributed by atoms with Gasteiger partial charge in [-0.25, -0.2) is 0 Å². The van der Waals surface area contributed by atoms with Gasteiger partial charge in [0.05, 0.1) is 12.2 Å². The van der Waals surface area contributed by atoms with E-state index in [1.807, 2.05) is 6.92 Å². The van der Waals surface area contributed by atoms with Gasteiger partial charge in [-0.05, 0) is 25.1 Å². The number of hydrogen-bond acceptors (Lipinski definition) is 3. The SMILES string of the molecule is CCOCCNC(=O)c1ccc(Cl)cc1N. The van der Waals surface area contributed by atoms with Crippen molar-refractivity contribution in [3.8, 4) is 0 Å². The number of carbonyl (C=O) groups is 1.